The molecule has 23 heavy (non-hydrogen) atoms. The molecule has 1 N–H and O–H groups in total. The number of hydrogen-bond donors (Lipinski definition) is 1. The molecule has 2 rings (SSSR count). The second-order valence-corrected chi connectivity index (χ2v) is 7.77. The highest BCUT2D eigenvalue weighted by Gasteiger charge is 2.29. The van der Waals surface area contributed by atoms with Crippen molar-refractivity contribution in [2.24, 2.45) is 5.92 Å². The third-order valence-corrected chi connectivity index (χ3v) is 4.64. The van der Waals surface area contributed by atoms with E-state index in [9.17, 15) is 9.59 Å². The first-order chi connectivity index (χ1) is 10.8. The van der Waals surface area contributed by atoms with Gasteiger partial charge in [0.2, 0.25) is 0 Å². The molecule has 0 aromatic rings. The van der Waals surface area contributed by atoms with Crippen molar-refractivity contribution in [3.8, 4) is 0 Å². The molecule has 1 aliphatic carbocycles. The van der Waals surface area contributed by atoms with Crippen LogP contribution in [0.25, 0.3) is 0 Å². The largest absolute Gasteiger partial charge is 0.444 e. The SMILES string of the molecule is C[C@@H]1CCCC[C@@H]1NC(=O)N1CCN(C(=O)OC(C)(C)C)CC1. The molecule has 2 aliphatic rings. The summed E-state index contributed by atoms with van der Waals surface area (Å²) in [5, 5.41) is 3.17. The fraction of sp³-hybridized carbons (Fsp3) is 0.882. The summed E-state index contributed by atoms with van der Waals surface area (Å²) < 4.78 is 5.38. The molecule has 0 radical (unpaired) electrons. The van der Waals surface area contributed by atoms with Crippen LogP contribution in [0.2, 0.25) is 0 Å². The Morgan fingerprint density at radius 3 is 2.13 bits per heavy atom. The van der Waals surface area contributed by atoms with Gasteiger partial charge in [-0.1, -0.05) is 19.8 Å². The van der Waals surface area contributed by atoms with E-state index in [2.05, 4.69) is 12.2 Å². The van der Waals surface area contributed by atoms with E-state index in [0.717, 1.165) is 6.42 Å². The Morgan fingerprint density at radius 1 is 1.00 bits per heavy atom. The molecule has 2 atom stereocenters. The van der Waals surface area contributed by atoms with Gasteiger partial charge in [-0.15, -0.1) is 0 Å². The number of amides is 3. The summed E-state index contributed by atoms with van der Waals surface area (Å²) in [5.74, 6) is 0.552. The average Bonchev–Trinajstić information content (AvgIpc) is 2.48. The number of rotatable bonds is 1. The molecular weight excluding hydrogens is 294 g/mol. The van der Waals surface area contributed by atoms with Gasteiger partial charge in [0.25, 0.3) is 0 Å². The smallest absolute Gasteiger partial charge is 0.410 e. The summed E-state index contributed by atoms with van der Waals surface area (Å²) in [7, 11) is 0. The van der Waals surface area contributed by atoms with Gasteiger partial charge in [0.1, 0.15) is 5.60 Å². The van der Waals surface area contributed by atoms with Crippen LogP contribution in [-0.4, -0.2) is 59.7 Å². The Morgan fingerprint density at radius 2 is 1.57 bits per heavy atom. The van der Waals surface area contributed by atoms with E-state index in [-0.39, 0.29) is 12.1 Å². The maximum atomic E-state index is 12.4. The standard InChI is InChI=1S/C17H31N3O3/c1-13-7-5-6-8-14(13)18-15(21)19-9-11-20(12-10-19)16(22)23-17(2,3)4/h13-14H,5-12H2,1-4H3,(H,18,21)/t13-,14+/m1/s1. The highest BCUT2D eigenvalue weighted by Crippen LogP contribution is 2.24. The van der Waals surface area contributed by atoms with Gasteiger partial charge in [-0.3, -0.25) is 0 Å². The van der Waals surface area contributed by atoms with Crippen molar-refractivity contribution in [1.82, 2.24) is 15.1 Å². The van der Waals surface area contributed by atoms with Crippen molar-refractivity contribution in [2.45, 2.75) is 65.0 Å². The molecule has 6 nitrogen and oxygen atoms in total. The Balaban J connectivity index is 1.77. The Labute approximate surface area is 139 Å². The zero-order valence-corrected chi connectivity index (χ0v) is 14.9. The lowest BCUT2D eigenvalue weighted by atomic mass is 9.86. The van der Waals surface area contributed by atoms with Gasteiger partial charge in [0.05, 0.1) is 0 Å². The lowest BCUT2D eigenvalue weighted by molar-refractivity contribution is 0.0168. The van der Waals surface area contributed by atoms with E-state index in [1.807, 2.05) is 25.7 Å². The maximum Gasteiger partial charge on any atom is 0.410 e. The quantitative estimate of drug-likeness (QED) is 0.806. The van der Waals surface area contributed by atoms with Crippen LogP contribution >= 0.6 is 0 Å². The summed E-state index contributed by atoms with van der Waals surface area (Å²) in [6, 6.07) is 0.299. The third-order valence-electron chi connectivity index (χ3n) is 4.64. The molecule has 2 fully saturated rings. The highest BCUT2D eigenvalue weighted by molar-refractivity contribution is 5.75. The molecule has 1 heterocycles. The first-order valence-electron chi connectivity index (χ1n) is 8.79. The first-order valence-corrected chi connectivity index (χ1v) is 8.79. The number of piperazine rings is 1. The Kier molecular flexibility index (Phi) is 5.76. The molecule has 1 aliphatic heterocycles. The average molecular weight is 325 g/mol. The Hall–Kier alpha value is -1.46. The van der Waals surface area contributed by atoms with Gasteiger partial charge in [-0.2, -0.15) is 0 Å². The Bertz CT molecular complexity index is 425. The number of hydrogen-bond acceptors (Lipinski definition) is 3. The molecule has 1 saturated carbocycles. The van der Waals surface area contributed by atoms with Crippen LogP contribution in [0.3, 0.4) is 0 Å². The minimum Gasteiger partial charge on any atom is -0.444 e. The molecular formula is C17H31N3O3. The van der Waals surface area contributed by atoms with E-state index < -0.39 is 5.60 Å². The molecule has 0 bridgehead atoms. The molecule has 1 saturated heterocycles. The zero-order valence-electron chi connectivity index (χ0n) is 14.9. The van der Waals surface area contributed by atoms with Crippen LogP contribution in [0.4, 0.5) is 9.59 Å². The van der Waals surface area contributed by atoms with Crippen LogP contribution in [-0.2, 0) is 4.74 Å². The maximum absolute atomic E-state index is 12.4. The highest BCUT2D eigenvalue weighted by atomic mass is 16.6. The van der Waals surface area contributed by atoms with Crippen molar-refractivity contribution in [3.05, 3.63) is 0 Å². The summed E-state index contributed by atoms with van der Waals surface area (Å²) in [6.07, 6.45) is 4.44. The predicted octanol–water partition coefficient (Wildman–Crippen LogP) is 2.83. The van der Waals surface area contributed by atoms with Crippen LogP contribution in [0.15, 0.2) is 0 Å². The van der Waals surface area contributed by atoms with E-state index in [1.54, 1.807) is 4.90 Å². The number of urea groups is 1. The lowest BCUT2D eigenvalue weighted by Gasteiger charge is -2.37. The fourth-order valence-electron chi connectivity index (χ4n) is 3.20. The molecule has 0 unspecified atom stereocenters. The minimum atomic E-state index is -0.483. The van der Waals surface area contributed by atoms with Crippen molar-refractivity contribution >= 4 is 12.1 Å². The number of nitrogens with zero attached hydrogens (tertiary/aromatic N) is 2. The van der Waals surface area contributed by atoms with Crippen LogP contribution < -0.4 is 5.32 Å². The van der Waals surface area contributed by atoms with Crippen LogP contribution in [0, 0.1) is 5.92 Å². The third kappa shape index (κ3) is 5.29. The van der Waals surface area contributed by atoms with E-state index in [1.165, 1.54) is 19.3 Å². The summed E-state index contributed by atoms with van der Waals surface area (Å²) in [4.78, 5) is 27.9. The van der Waals surface area contributed by atoms with Crippen LogP contribution in [0.5, 0.6) is 0 Å². The molecule has 0 spiro atoms. The number of nitrogens with one attached hydrogen (secondary N) is 1. The molecule has 6 heteroatoms. The number of ether oxygens (including phenoxy) is 1. The van der Waals surface area contributed by atoms with Crippen LogP contribution in [0.1, 0.15) is 53.4 Å². The second-order valence-electron chi connectivity index (χ2n) is 7.77. The van der Waals surface area contributed by atoms with E-state index in [4.69, 9.17) is 4.74 Å². The molecule has 3 amide bonds. The van der Waals surface area contributed by atoms with E-state index in [0.29, 0.717) is 38.1 Å². The van der Waals surface area contributed by atoms with E-state index >= 15 is 0 Å². The summed E-state index contributed by atoms with van der Waals surface area (Å²) in [5.41, 5.74) is -0.483. The van der Waals surface area contributed by atoms with Crippen molar-refractivity contribution in [2.75, 3.05) is 26.2 Å². The monoisotopic (exact) mass is 325 g/mol. The van der Waals surface area contributed by atoms with Crippen molar-refractivity contribution < 1.29 is 14.3 Å². The lowest BCUT2D eigenvalue weighted by Crippen LogP contribution is -2.56. The topological polar surface area (TPSA) is 61.9 Å². The van der Waals surface area contributed by atoms with Gasteiger partial charge < -0.3 is 19.9 Å². The normalized spacial score (nSPS) is 25.9. The molecule has 132 valence electrons. The predicted molar refractivity (Wildman–Crippen MR) is 89.3 cm³/mol. The summed E-state index contributed by atoms with van der Waals surface area (Å²) >= 11 is 0. The summed E-state index contributed by atoms with van der Waals surface area (Å²) in [6.45, 7) is 9.98. The number of carbonyl (C=O) groups is 2. The van der Waals surface area contributed by atoms with Crippen molar-refractivity contribution in [1.29, 1.82) is 0 Å². The van der Waals surface area contributed by atoms with Gasteiger partial charge in [0.15, 0.2) is 0 Å². The fourth-order valence-corrected chi connectivity index (χ4v) is 3.20. The molecule has 0 aromatic carbocycles. The minimum absolute atomic E-state index is 0.00703. The first kappa shape index (κ1) is 17.9. The van der Waals surface area contributed by atoms with Gasteiger partial charge in [0, 0.05) is 32.2 Å². The van der Waals surface area contributed by atoms with Crippen molar-refractivity contribution in [3.63, 3.8) is 0 Å². The van der Waals surface area contributed by atoms with Gasteiger partial charge in [-0.05, 0) is 39.5 Å². The van der Waals surface area contributed by atoms with Gasteiger partial charge >= 0.3 is 12.1 Å². The number of carbonyl (C=O) groups excluding carboxylic acids is 2. The molecule has 0 aromatic heterocycles. The van der Waals surface area contributed by atoms with Gasteiger partial charge in [-0.25, -0.2) is 9.59 Å². The zero-order chi connectivity index (χ0) is 17.0. The second kappa shape index (κ2) is 7.41.